The summed E-state index contributed by atoms with van der Waals surface area (Å²) in [6.45, 7) is -5.09. The standard InChI is InChI=1S/C7H3BF3N4.K/c9-8(10,11)6-3-13-7-5(1-12)2-14-15(7)4-6;/h2-4H;/q-1;+1. The first-order valence-electron chi connectivity index (χ1n) is 3.95. The van der Waals surface area contributed by atoms with Gasteiger partial charge in [-0.15, -0.1) is 0 Å². The average Bonchev–Trinajstić information content (AvgIpc) is 2.58. The zero-order valence-corrected chi connectivity index (χ0v) is 11.4. The minimum absolute atomic E-state index is 0. The summed E-state index contributed by atoms with van der Waals surface area (Å²) in [4.78, 5) is 3.55. The maximum absolute atomic E-state index is 12.3. The third-order valence-corrected chi connectivity index (χ3v) is 1.87. The predicted molar refractivity (Wildman–Crippen MR) is 46.4 cm³/mol. The van der Waals surface area contributed by atoms with Crippen LogP contribution in [0, 0.1) is 11.3 Å². The van der Waals surface area contributed by atoms with Crippen molar-refractivity contribution in [2.45, 2.75) is 0 Å². The molecule has 9 heteroatoms. The Morgan fingerprint density at radius 2 is 2.00 bits per heavy atom. The van der Waals surface area contributed by atoms with Crippen molar-refractivity contribution >= 4 is 18.1 Å². The molecule has 0 aliphatic carbocycles. The number of halogens is 3. The van der Waals surface area contributed by atoms with Crippen LogP contribution in [0.1, 0.15) is 5.56 Å². The molecule has 76 valence electrons. The zero-order valence-electron chi connectivity index (χ0n) is 8.23. The van der Waals surface area contributed by atoms with Gasteiger partial charge in [0, 0.05) is 12.4 Å². The second-order valence-electron chi connectivity index (χ2n) is 2.90. The van der Waals surface area contributed by atoms with Gasteiger partial charge in [-0.3, -0.25) is 0 Å². The Morgan fingerprint density at radius 1 is 1.31 bits per heavy atom. The number of rotatable bonds is 1. The van der Waals surface area contributed by atoms with Gasteiger partial charge in [-0.2, -0.15) is 10.4 Å². The number of fused-ring (bicyclic) bond motifs is 1. The van der Waals surface area contributed by atoms with Crippen molar-refractivity contribution < 1.29 is 64.3 Å². The molecule has 0 saturated heterocycles. The van der Waals surface area contributed by atoms with Gasteiger partial charge in [0.05, 0.1) is 6.20 Å². The van der Waals surface area contributed by atoms with Gasteiger partial charge in [0.1, 0.15) is 11.6 Å². The molecule has 0 fully saturated rings. The molecule has 0 amide bonds. The van der Waals surface area contributed by atoms with Crippen LogP contribution in [0.25, 0.3) is 5.65 Å². The molecule has 2 aromatic rings. The smallest absolute Gasteiger partial charge is 0.445 e. The molecule has 2 heterocycles. The summed E-state index contributed by atoms with van der Waals surface area (Å²) in [5.74, 6) is 0. The Balaban J connectivity index is 0.00000128. The Labute approximate surface area is 131 Å². The Hall–Kier alpha value is -0.399. The second-order valence-corrected chi connectivity index (χ2v) is 2.90. The first kappa shape index (κ1) is 13.7. The topological polar surface area (TPSA) is 54.0 Å². The number of nitriles is 1. The number of hydrogen-bond donors (Lipinski definition) is 0. The van der Waals surface area contributed by atoms with Crippen LogP contribution in [-0.2, 0) is 0 Å². The van der Waals surface area contributed by atoms with E-state index in [-0.39, 0.29) is 62.6 Å². The van der Waals surface area contributed by atoms with Gasteiger partial charge in [-0.05, 0) is 0 Å². The molecule has 2 aromatic heterocycles. The maximum Gasteiger partial charge on any atom is 1.00 e. The molecule has 0 bridgehead atoms. The number of hydrogen-bond acceptors (Lipinski definition) is 3. The van der Waals surface area contributed by atoms with Gasteiger partial charge in [-0.25, -0.2) is 9.50 Å². The van der Waals surface area contributed by atoms with E-state index in [1.807, 2.05) is 0 Å². The summed E-state index contributed by atoms with van der Waals surface area (Å²) < 4.78 is 37.9. The number of nitrogens with zero attached hydrogens (tertiary/aromatic N) is 4. The summed E-state index contributed by atoms with van der Waals surface area (Å²) in [5, 5.41) is 12.2. The third kappa shape index (κ3) is 2.46. The van der Waals surface area contributed by atoms with Crippen LogP contribution in [0.4, 0.5) is 12.9 Å². The van der Waals surface area contributed by atoms with E-state index < -0.39 is 12.4 Å². The van der Waals surface area contributed by atoms with Crippen LogP contribution in [0.3, 0.4) is 0 Å². The summed E-state index contributed by atoms with van der Waals surface area (Å²) in [7, 11) is 0. The first-order chi connectivity index (χ1) is 7.02. The van der Waals surface area contributed by atoms with E-state index in [0.717, 1.165) is 10.7 Å². The summed E-state index contributed by atoms with van der Waals surface area (Å²) in [6, 6.07) is 1.79. The fourth-order valence-electron chi connectivity index (χ4n) is 1.14. The monoisotopic (exact) mass is 250 g/mol. The summed E-state index contributed by atoms with van der Waals surface area (Å²) in [5.41, 5.74) is -0.562. The molecular formula is C7H3BF3KN4. The molecule has 0 atom stereocenters. The van der Waals surface area contributed by atoms with E-state index in [9.17, 15) is 12.9 Å². The van der Waals surface area contributed by atoms with E-state index in [1.54, 1.807) is 6.07 Å². The minimum atomic E-state index is -5.09. The molecule has 16 heavy (non-hydrogen) atoms. The number of aromatic nitrogens is 3. The molecular weight excluding hydrogens is 247 g/mol. The van der Waals surface area contributed by atoms with E-state index in [2.05, 4.69) is 10.1 Å². The first-order valence-corrected chi connectivity index (χ1v) is 3.95. The molecule has 2 rings (SSSR count). The third-order valence-electron chi connectivity index (χ3n) is 1.87. The van der Waals surface area contributed by atoms with Crippen LogP contribution >= 0.6 is 0 Å². The molecule has 0 spiro atoms. The normalized spacial score (nSPS) is 10.9. The van der Waals surface area contributed by atoms with Crippen molar-refractivity contribution in [3.05, 3.63) is 24.2 Å². The minimum Gasteiger partial charge on any atom is -0.445 e. The van der Waals surface area contributed by atoms with Gasteiger partial charge >= 0.3 is 58.4 Å². The van der Waals surface area contributed by atoms with Gasteiger partial charge in [0.25, 0.3) is 0 Å². The van der Waals surface area contributed by atoms with E-state index >= 15 is 0 Å². The fourth-order valence-corrected chi connectivity index (χ4v) is 1.14. The maximum atomic E-state index is 12.3. The van der Waals surface area contributed by atoms with E-state index in [4.69, 9.17) is 5.26 Å². The van der Waals surface area contributed by atoms with Crippen LogP contribution in [0.2, 0.25) is 0 Å². The zero-order chi connectivity index (χ0) is 11.1. The van der Waals surface area contributed by atoms with Gasteiger partial charge in [0.15, 0.2) is 5.65 Å². The van der Waals surface area contributed by atoms with Gasteiger partial charge in [0.2, 0.25) is 0 Å². The van der Waals surface area contributed by atoms with Crippen molar-refractivity contribution in [1.82, 2.24) is 14.6 Å². The Bertz CT molecular complexity index is 559. The largest absolute Gasteiger partial charge is 1.00 e. The molecule has 0 aliphatic rings. The summed E-state index contributed by atoms with van der Waals surface area (Å²) >= 11 is 0. The van der Waals surface area contributed by atoms with Crippen molar-refractivity contribution in [3.8, 4) is 6.07 Å². The van der Waals surface area contributed by atoms with Gasteiger partial charge < -0.3 is 12.9 Å². The van der Waals surface area contributed by atoms with E-state index in [1.165, 1.54) is 6.20 Å². The average molecular weight is 250 g/mol. The quantitative estimate of drug-likeness (QED) is 0.533. The van der Waals surface area contributed by atoms with E-state index in [0.29, 0.717) is 6.20 Å². The predicted octanol–water partition coefficient (Wildman–Crippen LogP) is -2.34. The molecule has 0 aromatic carbocycles. The van der Waals surface area contributed by atoms with Crippen molar-refractivity contribution in [1.29, 1.82) is 5.26 Å². The van der Waals surface area contributed by atoms with Crippen molar-refractivity contribution in [2.75, 3.05) is 0 Å². The SMILES string of the molecule is N#Cc1cnn2cc([B-](F)(F)F)cnc12.[K+]. The van der Waals surface area contributed by atoms with Crippen molar-refractivity contribution in [3.63, 3.8) is 0 Å². The molecule has 0 radical (unpaired) electrons. The van der Waals surface area contributed by atoms with Crippen LogP contribution < -0.4 is 56.8 Å². The van der Waals surface area contributed by atoms with Crippen LogP contribution in [0.15, 0.2) is 18.6 Å². The molecule has 0 saturated carbocycles. The van der Waals surface area contributed by atoms with Gasteiger partial charge in [-0.1, -0.05) is 5.46 Å². The Kier molecular flexibility index (Phi) is 4.14. The van der Waals surface area contributed by atoms with Crippen molar-refractivity contribution in [2.24, 2.45) is 0 Å². The summed E-state index contributed by atoms with van der Waals surface area (Å²) in [6.07, 6.45) is 2.70. The van der Waals surface area contributed by atoms with Crippen LogP contribution in [0.5, 0.6) is 0 Å². The molecule has 0 aliphatic heterocycles. The fraction of sp³-hybridized carbons (Fsp3) is 0. The molecule has 0 unspecified atom stereocenters. The Morgan fingerprint density at radius 3 is 2.56 bits per heavy atom. The molecule has 0 N–H and O–H groups in total. The van der Waals surface area contributed by atoms with Crippen LogP contribution in [-0.4, -0.2) is 21.6 Å². The molecule has 4 nitrogen and oxygen atoms in total. The second kappa shape index (κ2) is 4.85.